The smallest absolute Gasteiger partial charge is 0.272 e. The number of nitrogens with two attached hydrogens (primary N) is 1. The number of nitrogens with zero attached hydrogens (tertiary/aromatic N) is 2. The van der Waals surface area contributed by atoms with Crippen molar-refractivity contribution in [2.45, 2.75) is 24.9 Å². The number of benzene rings is 1. The maximum absolute atomic E-state index is 12.9. The van der Waals surface area contributed by atoms with Gasteiger partial charge in [0.2, 0.25) is 0 Å². The standard InChI is InChI=1S/C16H20N4O.H2/c17-13-4-2-1-3-12(13)15(18)16(21)20-11-7-10-8-19(9-11)6-5-14(10)20;/h1-4,10-11,14,18H,5-9,17H2;1H. The van der Waals surface area contributed by atoms with E-state index in [0.717, 1.165) is 32.5 Å². The van der Waals surface area contributed by atoms with Crippen LogP contribution in [0.25, 0.3) is 0 Å². The Balaban J connectivity index is 0.00000144. The van der Waals surface area contributed by atoms with Crippen LogP contribution in [-0.4, -0.2) is 53.1 Å². The van der Waals surface area contributed by atoms with Gasteiger partial charge in [0.15, 0.2) is 0 Å². The van der Waals surface area contributed by atoms with Gasteiger partial charge in [-0.3, -0.25) is 10.2 Å². The van der Waals surface area contributed by atoms with E-state index in [4.69, 9.17) is 11.1 Å². The molecule has 0 spiro atoms. The van der Waals surface area contributed by atoms with Crippen molar-refractivity contribution in [3.63, 3.8) is 0 Å². The fraction of sp³-hybridized carbons (Fsp3) is 0.500. The molecule has 5 heteroatoms. The molecule has 3 aliphatic rings. The summed E-state index contributed by atoms with van der Waals surface area (Å²) in [4.78, 5) is 17.3. The Morgan fingerprint density at radius 2 is 2.14 bits per heavy atom. The highest BCUT2D eigenvalue weighted by Crippen LogP contribution is 2.40. The maximum Gasteiger partial charge on any atom is 0.272 e. The topological polar surface area (TPSA) is 73.4 Å². The van der Waals surface area contributed by atoms with Crippen molar-refractivity contribution in [2.75, 3.05) is 25.4 Å². The number of nitrogen functional groups attached to an aromatic ring is 1. The van der Waals surface area contributed by atoms with Crippen molar-refractivity contribution in [3.05, 3.63) is 29.8 Å². The van der Waals surface area contributed by atoms with E-state index in [2.05, 4.69) is 4.90 Å². The number of anilines is 1. The van der Waals surface area contributed by atoms with Crippen LogP contribution >= 0.6 is 0 Å². The van der Waals surface area contributed by atoms with E-state index in [1.165, 1.54) is 0 Å². The van der Waals surface area contributed by atoms with Gasteiger partial charge in [0, 0.05) is 44.4 Å². The zero-order chi connectivity index (χ0) is 14.6. The Morgan fingerprint density at radius 3 is 2.95 bits per heavy atom. The van der Waals surface area contributed by atoms with Crippen molar-refractivity contribution in [1.29, 1.82) is 5.41 Å². The summed E-state index contributed by atoms with van der Waals surface area (Å²) in [6.45, 7) is 3.17. The van der Waals surface area contributed by atoms with Crippen LogP contribution in [-0.2, 0) is 4.79 Å². The fourth-order valence-corrected chi connectivity index (χ4v) is 4.34. The molecule has 4 atom stereocenters. The Hall–Kier alpha value is -1.88. The lowest BCUT2D eigenvalue weighted by molar-refractivity contribution is -0.126. The number of nitrogens with one attached hydrogen (secondary N) is 1. The SMILES string of the molecule is N=C(C(=O)N1C2CC3CN(CCC31)C2)c1ccccc1N.[HH]. The van der Waals surface area contributed by atoms with Gasteiger partial charge < -0.3 is 15.5 Å². The molecule has 21 heavy (non-hydrogen) atoms. The number of carbonyl (C=O) groups excluding carboxylic acids is 1. The normalized spacial score (nSPS) is 33.2. The van der Waals surface area contributed by atoms with Gasteiger partial charge >= 0.3 is 0 Å². The van der Waals surface area contributed by atoms with Gasteiger partial charge in [-0.05, 0) is 24.8 Å². The molecule has 0 saturated carbocycles. The lowest BCUT2D eigenvalue weighted by Crippen LogP contribution is -2.45. The van der Waals surface area contributed by atoms with E-state index in [1.807, 2.05) is 17.0 Å². The minimum absolute atomic E-state index is 0. The first-order chi connectivity index (χ1) is 10.1. The van der Waals surface area contributed by atoms with Gasteiger partial charge in [-0.2, -0.15) is 0 Å². The Kier molecular flexibility index (Phi) is 2.79. The van der Waals surface area contributed by atoms with Gasteiger partial charge in [0.1, 0.15) is 5.71 Å². The minimum atomic E-state index is -0.144. The highest BCUT2D eigenvalue weighted by molar-refractivity contribution is 6.45. The van der Waals surface area contributed by atoms with E-state index in [9.17, 15) is 4.79 Å². The third kappa shape index (κ3) is 1.87. The average Bonchev–Trinajstić information content (AvgIpc) is 2.65. The van der Waals surface area contributed by atoms with Crippen LogP contribution in [0.5, 0.6) is 0 Å². The summed E-state index contributed by atoms with van der Waals surface area (Å²) in [5, 5.41) is 8.29. The molecule has 4 rings (SSSR count). The van der Waals surface area contributed by atoms with Gasteiger partial charge in [-0.25, -0.2) is 0 Å². The number of piperidine rings is 2. The molecule has 4 unspecified atom stereocenters. The number of para-hydroxylation sites is 1. The van der Waals surface area contributed by atoms with Crippen molar-refractivity contribution < 1.29 is 6.22 Å². The summed E-state index contributed by atoms with van der Waals surface area (Å²) in [7, 11) is 0. The van der Waals surface area contributed by atoms with Crippen molar-refractivity contribution in [1.82, 2.24) is 9.80 Å². The van der Waals surface area contributed by atoms with E-state index in [0.29, 0.717) is 23.2 Å². The molecule has 3 aliphatic heterocycles. The van der Waals surface area contributed by atoms with Crippen LogP contribution in [0.15, 0.2) is 24.3 Å². The van der Waals surface area contributed by atoms with Gasteiger partial charge in [0.25, 0.3) is 5.91 Å². The number of hydrogen-bond acceptors (Lipinski definition) is 4. The second kappa shape index (κ2) is 4.56. The van der Waals surface area contributed by atoms with E-state index in [-0.39, 0.29) is 19.1 Å². The zero-order valence-corrected chi connectivity index (χ0v) is 12.0. The molecule has 3 bridgehead atoms. The second-order valence-corrected chi connectivity index (χ2v) is 6.44. The predicted octanol–water partition coefficient (Wildman–Crippen LogP) is 1.19. The molecule has 112 valence electrons. The molecule has 1 amide bonds. The molecule has 5 nitrogen and oxygen atoms in total. The van der Waals surface area contributed by atoms with Gasteiger partial charge in [-0.15, -0.1) is 0 Å². The average molecular weight is 286 g/mol. The molecule has 0 aliphatic carbocycles. The molecule has 0 radical (unpaired) electrons. The molecule has 0 aromatic heterocycles. The third-order valence-corrected chi connectivity index (χ3v) is 5.25. The lowest BCUT2D eigenvalue weighted by atomic mass is 9.89. The molecule has 3 saturated heterocycles. The molecule has 3 heterocycles. The first-order valence-electron chi connectivity index (χ1n) is 7.63. The van der Waals surface area contributed by atoms with E-state index in [1.54, 1.807) is 12.1 Å². The van der Waals surface area contributed by atoms with Crippen LogP contribution in [0.4, 0.5) is 5.69 Å². The summed E-state index contributed by atoms with van der Waals surface area (Å²) in [5.74, 6) is 0.455. The highest BCUT2D eigenvalue weighted by Gasteiger charge is 2.50. The summed E-state index contributed by atoms with van der Waals surface area (Å²) < 4.78 is 0. The molecule has 1 aromatic carbocycles. The predicted molar refractivity (Wildman–Crippen MR) is 83.4 cm³/mol. The van der Waals surface area contributed by atoms with E-state index < -0.39 is 0 Å². The quantitative estimate of drug-likeness (QED) is 0.633. The summed E-state index contributed by atoms with van der Waals surface area (Å²) >= 11 is 0. The number of fused-ring (bicyclic) bond motifs is 2. The first-order valence-corrected chi connectivity index (χ1v) is 7.63. The lowest BCUT2D eigenvalue weighted by Gasteiger charge is -2.35. The molecule has 3 fully saturated rings. The number of rotatable bonds is 2. The van der Waals surface area contributed by atoms with Gasteiger partial charge in [0.05, 0.1) is 0 Å². The van der Waals surface area contributed by atoms with Crippen LogP contribution in [0.1, 0.15) is 19.8 Å². The highest BCUT2D eigenvalue weighted by atomic mass is 16.2. The molecule has 1 aromatic rings. The minimum Gasteiger partial charge on any atom is -0.398 e. The zero-order valence-electron chi connectivity index (χ0n) is 12.0. The van der Waals surface area contributed by atoms with Crippen molar-refractivity contribution in [2.24, 2.45) is 5.92 Å². The number of amides is 1. The largest absolute Gasteiger partial charge is 0.398 e. The van der Waals surface area contributed by atoms with Crippen LogP contribution in [0, 0.1) is 11.3 Å². The van der Waals surface area contributed by atoms with Crippen molar-refractivity contribution >= 4 is 17.3 Å². The number of carbonyl (C=O) groups is 1. The van der Waals surface area contributed by atoms with Crippen LogP contribution in [0.3, 0.4) is 0 Å². The van der Waals surface area contributed by atoms with Crippen molar-refractivity contribution in [3.8, 4) is 0 Å². The Morgan fingerprint density at radius 1 is 1.33 bits per heavy atom. The van der Waals surface area contributed by atoms with Crippen LogP contribution < -0.4 is 5.73 Å². The molecule has 3 N–H and O–H groups in total. The maximum atomic E-state index is 12.9. The fourth-order valence-electron chi connectivity index (χ4n) is 4.34. The van der Waals surface area contributed by atoms with Crippen LogP contribution in [0.2, 0.25) is 0 Å². The Labute approximate surface area is 125 Å². The molecular formula is C16H22N4O. The molecular weight excluding hydrogens is 264 g/mol. The number of hydrogen-bond donors (Lipinski definition) is 2. The summed E-state index contributed by atoms with van der Waals surface area (Å²) in [6, 6.07) is 7.78. The van der Waals surface area contributed by atoms with Gasteiger partial charge in [-0.1, -0.05) is 18.2 Å². The van der Waals surface area contributed by atoms with E-state index >= 15 is 0 Å². The Bertz CT molecular complexity index is 620. The number of likely N-dealkylation sites (tertiary alicyclic amines) is 1. The third-order valence-electron chi connectivity index (χ3n) is 5.25. The summed E-state index contributed by atoms with van der Waals surface area (Å²) in [5.41, 5.74) is 7.02. The second-order valence-electron chi connectivity index (χ2n) is 6.44. The first kappa shape index (κ1) is 12.8. The monoisotopic (exact) mass is 286 g/mol. The summed E-state index contributed by atoms with van der Waals surface area (Å²) in [6.07, 6.45) is 2.15.